The molecule has 0 radical (unpaired) electrons. The Balaban J connectivity index is 1.52. The first-order valence-electron chi connectivity index (χ1n) is 11.5. The minimum absolute atomic E-state index is 0.932. The van der Waals surface area contributed by atoms with Crippen LogP contribution in [-0.4, -0.2) is 0 Å². The topological polar surface area (TPSA) is 13.1 Å². The summed E-state index contributed by atoms with van der Waals surface area (Å²) in [6, 6.07) is 39.5. The fourth-order valence-corrected chi connectivity index (χ4v) is 6.58. The summed E-state index contributed by atoms with van der Waals surface area (Å²) in [5.74, 6) is 0. The van der Waals surface area contributed by atoms with E-state index in [9.17, 15) is 0 Å². The zero-order valence-electron chi connectivity index (χ0n) is 18.2. The van der Waals surface area contributed by atoms with Gasteiger partial charge in [-0.3, -0.25) is 0 Å². The Morgan fingerprint density at radius 3 is 2.15 bits per heavy atom. The van der Waals surface area contributed by atoms with Crippen LogP contribution in [0.25, 0.3) is 74.8 Å². The number of rotatable bonds is 1. The van der Waals surface area contributed by atoms with Crippen molar-refractivity contribution in [3.63, 3.8) is 0 Å². The molecule has 0 amide bonds. The zero-order valence-corrected chi connectivity index (χ0v) is 19.0. The molecule has 0 aliphatic heterocycles. The molecule has 2 heterocycles. The van der Waals surface area contributed by atoms with Crippen LogP contribution in [-0.2, 0) is 0 Å². The van der Waals surface area contributed by atoms with Crippen LogP contribution in [0.5, 0.6) is 0 Å². The van der Waals surface area contributed by atoms with Crippen molar-refractivity contribution in [1.29, 1.82) is 0 Å². The summed E-state index contributed by atoms with van der Waals surface area (Å²) >= 11 is 1.88. The Labute approximate surface area is 199 Å². The fraction of sp³-hybridized carbons (Fsp3) is 0. The molecular formula is C32H18OS. The molecule has 2 aromatic heterocycles. The van der Waals surface area contributed by atoms with Crippen molar-refractivity contribution in [2.45, 2.75) is 0 Å². The van der Waals surface area contributed by atoms with E-state index in [0.717, 1.165) is 21.9 Å². The Kier molecular flexibility index (Phi) is 3.60. The molecule has 0 atom stereocenters. The van der Waals surface area contributed by atoms with Gasteiger partial charge in [0.05, 0.1) is 0 Å². The highest BCUT2D eigenvalue weighted by molar-refractivity contribution is 7.25. The molecule has 158 valence electrons. The summed E-state index contributed by atoms with van der Waals surface area (Å²) in [6.07, 6.45) is 0. The van der Waals surface area contributed by atoms with Gasteiger partial charge in [0.2, 0.25) is 0 Å². The minimum atomic E-state index is 0.932. The maximum absolute atomic E-state index is 6.09. The van der Waals surface area contributed by atoms with Gasteiger partial charge in [-0.05, 0) is 75.1 Å². The lowest BCUT2D eigenvalue weighted by Gasteiger charge is -2.12. The summed E-state index contributed by atoms with van der Waals surface area (Å²) in [5.41, 5.74) is 4.35. The molecule has 6 aromatic carbocycles. The normalized spacial score (nSPS) is 12.1. The van der Waals surface area contributed by atoms with Gasteiger partial charge in [0.1, 0.15) is 11.2 Å². The van der Waals surface area contributed by atoms with E-state index in [4.69, 9.17) is 4.42 Å². The van der Waals surface area contributed by atoms with Gasteiger partial charge >= 0.3 is 0 Å². The van der Waals surface area contributed by atoms with Crippen LogP contribution >= 0.6 is 11.3 Å². The van der Waals surface area contributed by atoms with E-state index in [1.807, 2.05) is 23.5 Å². The average Bonchev–Trinajstić information content (AvgIpc) is 3.44. The van der Waals surface area contributed by atoms with Gasteiger partial charge in [-0.1, -0.05) is 66.7 Å². The van der Waals surface area contributed by atoms with Crippen molar-refractivity contribution in [1.82, 2.24) is 0 Å². The predicted molar refractivity (Wildman–Crippen MR) is 147 cm³/mol. The summed E-state index contributed by atoms with van der Waals surface area (Å²) in [4.78, 5) is 0. The van der Waals surface area contributed by atoms with Gasteiger partial charge in [-0.15, -0.1) is 11.3 Å². The lowest BCUT2D eigenvalue weighted by atomic mass is 9.92. The summed E-state index contributed by atoms with van der Waals surface area (Å²) in [5, 5.41) is 10.2. The molecule has 0 saturated heterocycles. The molecule has 0 aliphatic rings. The molecule has 0 unspecified atom stereocenters. The summed E-state index contributed by atoms with van der Waals surface area (Å²) in [6.45, 7) is 0. The lowest BCUT2D eigenvalue weighted by Crippen LogP contribution is -1.85. The monoisotopic (exact) mass is 450 g/mol. The number of thiophene rings is 1. The highest BCUT2D eigenvalue weighted by Crippen LogP contribution is 2.42. The number of benzene rings is 6. The standard InChI is InChI=1S/C32H18OS/c1-2-8-21-19(7-1)15-24(20-13-14-30-27(16-20)22-9-3-5-11-29(22)33-30)26-18-32-28(17-25(21)26)23-10-4-6-12-31(23)34-32/h1-18H. The molecule has 1 nitrogen and oxygen atoms in total. The largest absolute Gasteiger partial charge is 0.456 e. The first-order chi connectivity index (χ1) is 16.8. The number of hydrogen-bond acceptors (Lipinski definition) is 2. The maximum atomic E-state index is 6.09. The maximum Gasteiger partial charge on any atom is 0.135 e. The van der Waals surface area contributed by atoms with Crippen LogP contribution < -0.4 is 0 Å². The predicted octanol–water partition coefficient (Wildman–Crippen LogP) is 9.93. The average molecular weight is 451 g/mol. The van der Waals surface area contributed by atoms with Crippen molar-refractivity contribution < 1.29 is 4.42 Å². The van der Waals surface area contributed by atoms with Crippen molar-refractivity contribution >= 4 is 75.0 Å². The molecule has 0 bridgehead atoms. The van der Waals surface area contributed by atoms with Crippen LogP contribution in [0.4, 0.5) is 0 Å². The third kappa shape index (κ3) is 2.49. The second-order valence-corrected chi connectivity index (χ2v) is 10.0. The van der Waals surface area contributed by atoms with E-state index in [1.54, 1.807) is 0 Å². The van der Waals surface area contributed by atoms with E-state index in [2.05, 4.69) is 97.1 Å². The van der Waals surface area contributed by atoms with E-state index in [1.165, 1.54) is 52.8 Å². The first kappa shape index (κ1) is 18.3. The van der Waals surface area contributed by atoms with Gasteiger partial charge in [0.25, 0.3) is 0 Å². The van der Waals surface area contributed by atoms with Crippen molar-refractivity contribution in [2.24, 2.45) is 0 Å². The third-order valence-electron chi connectivity index (χ3n) is 7.05. The zero-order chi connectivity index (χ0) is 22.2. The summed E-state index contributed by atoms with van der Waals surface area (Å²) in [7, 11) is 0. The van der Waals surface area contributed by atoms with Crippen LogP contribution in [0.1, 0.15) is 0 Å². The summed E-state index contributed by atoms with van der Waals surface area (Å²) < 4.78 is 8.77. The van der Waals surface area contributed by atoms with Crippen molar-refractivity contribution in [2.75, 3.05) is 0 Å². The fourth-order valence-electron chi connectivity index (χ4n) is 5.45. The second-order valence-electron chi connectivity index (χ2n) is 8.95. The SMILES string of the molecule is c1ccc2c(c1)cc(-c1ccc3oc4ccccc4c3c1)c1cc3sc4ccccc4c3cc12. The molecule has 8 rings (SSSR count). The minimum Gasteiger partial charge on any atom is -0.456 e. The first-order valence-corrected chi connectivity index (χ1v) is 12.3. The van der Waals surface area contributed by atoms with Gasteiger partial charge in [-0.2, -0.15) is 0 Å². The van der Waals surface area contributed by atoms with Crippen LogP contribution in [0, 0.1) is 0 Å². The van der Waals surface area contributed by atoms with Gasteiger partial charge in [-0.25, -0.2) is 0 Å². The molecule has 2 heteroatoms. The smallest absolute Gasteiger partial charge is 0.135 e. The second kappa shape index (κ2) is 6.69. The molecule has 0 aliphatic carbocycles. The van der Waals surface area contributed by atoms with Crippen molar-refractivity contribution in [3.05, 3.63) is 109 Å². The molecule has 0 N–H and O–H groups in total. The molecule has 0 fully saturated rings. The van der Waals surface area contributed by atoms with Gasteiger partial charge < -0.3 is 4.42 Å². The molecule has 34 heavy (non-hydrogen) atoms. The third-order valence-corrected chi connectivity index (χ3v) is 8.18. The Morgan fingerprint density at radius 2 is 1.21 bits per heavy atom. The van der Waals surface area contributed by atoms with Crippen molar-refractivity contribution in [3.8, 4) is 11.1 Å². The molecule has 0 spiro atoms. The highest BCUT2D eigenvalue weighted by atomic mass is 32.1. The molecule has 8 aromatic rings. The van der Waals surface area contributed by atoms with E-state index < -0.39 is 0 Å². The quantitative estimate of drug-likeness (QED) is 0.227. The van der Waals surface area contributed by atoms with E-state index in [-0.39, 0.29) is 0 Å². The Hall–Kier alpha value is -4.14. The number of hydrogen-bond donors (Lipinski definition) is 0. The van der Waals surface area contributed by atoms with E-state index >= 15 is 0 Å². The van der Waals surface area contributed by atoms with Gasteiger partial charge in [0, 0.05) is 30.9 Å². The Morgan fingerprint density at radius 1 is 0.441 bits per heavy atom. The van der Waals surface area contributed by atoms with Gasteiger partial charge in [0.15, 0.2) is 0 Å². The number of para-hydroxylation sites is 1. The molecule has 0 saturated carbocycles. The van der Waals surface area contributed by atoms with Crippen LogP contribution in [0.2, 0.25) is 0 Å². The highest BCUT2D eigenvalue weighted by Gasteiger charge is 2.14. The molecular weight excluding hydrogens is 432 g/mol. The van der Waals surface area contributed by atoms with E-state index in [0.29, 0.717) is 0 Å². The number of fused-ring (bicyclic) bond motifs is 9. The van der Waals surface area contributed by atoms with Crippen LogP contribution in [0.15, 0.2) is 114 Å². The number of furan rings is 1. The van der Waals surface area contributed by atoms with Crippen LogP contribution in [0.3, 0.4) is 0 Å². The lowest BCUT2D eigenvalue weighted by molar-refractivity contribution is 0.669. The Bertz CT molecular complexity index is 2070.